The number of nitrogens with zero attached hydrogens (tertiary/aromatic N) is 5. The van der Waals surface area contributed by atoms with Crippen LogP contribution in [0.5, 0.6) is 0 Å². The molecule has 6 rings (SSSR count). The van der Waals surface area contributed by atoms with Crippen LogP contribution in [0.2, 0.25) is 0 Å². The fraction of sp³-hybridized carbons (Fsp3) is 0.179. The predicted octanol–water partition coefficient (Wildman–Crippen LogP) is 6.01. The number of imidazole rings is 1. The number of H-pyrrole nitrogens is 2. The van der Waals surface area contributed by atoms with Crippen molar-refractivity contribution in [1.82, 2.24) is 35.1 Å². The smallest absolute Gasteiger partial charge is 0.224 e. The van der Waals surface area contributed by atoms with E-state index in [2.05, 4.69) is 35.5 Å². The van der Waals surface area contributed by atoms with Gasteiger partial charge in [-0.05, 0) is 37.1 Å². The summed E-state index contributed by atoms with van der Waals surface area (Å²) in [6.07, 6.45) is 6.50. The van der Waals surface area contributed by atoms with Crippen molar-refractivity contribution >= 4 is 50.8 Å². The summed E-state index contributed by atoms with van der Waals surface area (Å²) < 4.78 is 16.1. The Labute approximate surface area is 231 Å². The number of fused-ring (bicyclic) bond motifs is 2. The van der Waals surface area contributed by atoms with Gasteiger partial charge in [0.2, 0.25) is 5.91 Å². The quantitative estimate of drug-likeness (QED) is 0.205. The normalized spacial score (nSPS) is 11.5. The van der Waals surface area contributed by atoms with Crippen LogP contribution >= 0.6 is 11.3 Å². The van der Waals surface area contributed by atoms with Crippen molar-refractivity contribution in [3.05, 3.63) is 59.7 Å². The topological polar surface area (TPSA) is 142 Å². The first kappa shape index (κ1) is 25.4. The van der Waals surface area contributed by atoms with E-state index < -0.39 is 5.82 Å². The molecule has 0 aromatic carbocycles. The average molecular weight is 555 g/mol. The Balaban J connectivity index is 1.41. The zero-order valence-electron chi connectivity index (χ0n) is 21.7. The third-order valence-electron chi connectivity index (χ3n) is 6.26. The van der Waals surface area contributed by atoms with E-state index in [-0.39, 0.29) is 34.4 Å². The summed E-state index contributed by atoms with van der Waals surface area (Å²) >= 11 is 1.37. The largest absolute Gasteiger partial charge is 0.325 e. The summed E-state index contributed by atoms with van der Waals surface area (Å²) in [5, 5.41) is 10.2. The lowest BCUT2D eigenvalue weighted by molar-refractivity contribution is -0.116. The van der Waals surface area contributed by atoms with Gasteiger partial charge in [0.05, 0.1) is 33.9 Å². The first-order chi connectivity index (χ1) is 19.3. The van der Waals surface area contributed by atoms with E-state index in [4.69, 9.17) is 4.98 Å². The van der Waals surface area contributed by atoms with Crippen LogP contribution in [0.25, 0.3) is 55.3 Å². The second-order valence-electron chi connectivity index (χ2n) is 9.75. The number of halogens is 1. The highest BCUT2D eigenvalue weighted by Crippen LogP contribution is 2.36. The molecule has 40 heavy (non-hydrogen) atoms. The average Bonchev–Trinajstić information content (AvgIpc) is 3.66. The van der Waals surface area contributed by atoms with Gasteiger partial charge in [-0.1, -0.05) is 13.8 Å². The van der Waals surface area contributed by atoms with Crippen LogP contribution in [0, 0.1) is 11.7 Å². The number of aromatic nitrogens is 7. The summed E-state index contributed by atoms with van der Waals surface area (Å²) in [4.78, 5) is 46.3. The molecule has 0 bridgehead atoms. The number of nitrogens with one attached hydrogen (secondary N) is 3. The molecule has 0 aliphatic carbocycles. The Morgan fingerprint density at radius 1 is 1.10 bits per heavy atom. The van der Waals surface area contributed by atoms with Gasteiger partial charge in [-0.25, -0.2) is 14.4 Å². The number of amides is 1. The molecule has 0 radical (unpaired) electrons. The van der Waals surface area contributed by atoms with Crippen molar-refractivity contribution in [2.45, 2.75) is 27.2 Å². The summed E-state index contributed by atoms with van der Waals surface area (Å²) in [6.45, 7) is 5.44. The number of rotatable bonds is 7. The molecule has 0 aliphatic rings. The van der Waals surface area contributed by atoms with E-state index >= 15 is 4.39 Å². The molecule has 0 unspecified atom stereocenters. The number of hydrogen-bond acceptors (Lipinski definition) is 8. The third kappa shape index (κ3) is 4.62. The Morgan fingerprint density at radius 2 is 1.95 bits per heavy atom. The zero-order chi connectivity index (χ0) is 28.0. The molecule has 10 nitrogen and oxygen atoms in total. The van der Waals surface area contributed by atoms with Crippen molar-refractivity contribution < 1.29 is 14.0 Å². The summed E-state index contributed by atoms with van der Waals surface area (Å²) in [5.74, 6) is -0.233. The molecule has 1 amide bonds. The standard InChI is InChI=1S/C28H23FN8O2S/c1-13(2)8-21(39)33-16-9-15(10-30-11-16)24-23(29)22-18(12-32-24)36-37-26(22)28-34-25-17(6-7-31-27(25)35-28)20-5-4-19(40-20)14(3)38/h4-7,9-13H,8H2,1-3H3,(H,33,39)(H,36,37)(H,31,34,35). The van der Waals surface area contributed by atoms with E-state index in [1.807, 2.05) is 26.0 Å². The Morgan fingerprint density at radius 3 is 2.73 bits per heavy atom. The van der Waals surface area contributed by atoms with Crippen molar-refractivity contribution in [3.63, 3.8) is 0 Å². The summed E-state index contributed by atoms with van der Waals surface area (Å²) in [6, 6.07) is 7.12. The van der Waals surface area contributed by atoms with Gasteiger partial charge in [0, 0.05) is 34.8 Å². The Hall–Kier alpha value is -4.84. The fourth-order valence-corrected chi connectivity index (χ4v) is 5.39. The van der Waals surface area contributed by atoms with Gasteiger partial charge < -0.3 is 10.3 Å². The highest BCUT2D eigenvalue weighted by molar-refractivity contribution is 7.17. The molecule has 200 valence electrons. The first-order valence-corrected chi connectivity index (χ1v) is 13.3. The van der Waals surface area contributed by atoms with Gasteiger partial charge in [-0.3, -0.25) is 24.7 Å². The monoisotopic (exact) mass is 554 g/mol. The molecule has 0 saturated carbocycles. The van der Waals surface area contributed by atoms with E-state index in [1.165, 1.54) is 36.9 Å². The van der Waals surface area contributed by atoms with Crippen molar-refractivity contribution in [2.75, 3.05) is 5.32 Å². The van der Waals surface area contributed by atoms with Crippen LogP contribution in [0.1, 0.15) is 36.9 Å². The summed E-state index contributed by atoms with van der Waals surface area (Å²) in [7, 11) is 0. The number of thiophene rings is 1. The molecule has 3 N–H and O–H groups in total. The number of anilines is 1. The molecular weight excluding hydrogens is 531 g/mol. The van der Waals surface area contributed by atoms with E-state index in [0.717, 1.165) is 10.4 Å². The number of hydrogen-bond donors (Lipinski definition) is 3. The van der Waals surface area contributed by atoms with Crippen molar-refractivity contribution in [3.8, 4) is 33.2 Å². The number of carbonyl (C=O) groups is 2. The third-order valence-corrected chi connectivity index (χ3v) is 7.48. The van der Waals surface area contributed by atoms with Crippen LogP contribution in [-0.2, 0) is 4.79 Å². The zero-order valence-corrected chi connectivity index (χ0v) is 22.6. The molecule has 0 saturated heterocycles. The lowest BCUT2D eigenvalue weighted by Gasteiger charge is -2.09. The van der Waals surface area contributed by atoms with Crippen LogP contribution in [0.3, 0.4) is 0 Å². The van der Waals surface area contributed by atoms with Crippen molar-refractivity contribution in [2.24, 2.45) is 5.92 Å². The molecular formula is C28H23FN8O2S. The molecule has 0 aliphatic heterocycles. The van der Waals surface area contributed by atoms with E-state index in [1.54, 1.807) is 18.3 Å². The Bertz CT molecular complexity index is 1920. The van der Waals surface area contributed by atoms with Gasteiger partial charge in [0.25, 0.3) is 0 Å². The van der Waals surface area contributed by atoms with Gasteiger partial charge in [-0.2, -0.15) is 5.10 Å². The highest BCUT2D eigenvalue weighted by atomic mass is 32.1. The highest BCUT2D eigenvalue weighted by Gasteiger charge is 2.22. The van der Waals surface area contributed by atoms with Crippen LogP contribution in [-0.4, -0.2) is 46.8 Å². The van der Waals surface area contributed by atoms with E-state index in [0.29, 0.717) is 45.1 Å². The number of carbonyl (C=O) groups excluding carboxylic acids is 2. The molecule has 0 fully saturated rings. The molecule has 12 heteroatoms. The lowest BCUT2D eigenvalue weighted by atomic mass is 10.1. The summed E-state index contributed by atoms with van der Waals surface area (Å²) in [5.41, 5.74) is 3.46. The maximum absolute atomic E-state index is 16.1. The van der Waals surface area contributed by atoms with Crippen LogP contribution in [0.4, 0.5) is 10.1 Å². The maximum Gasteiger partial charge on any atom is 0.224 e. The molecule has 0 spiro atoms. The Kier molecular flexibility index (Phi) is 6.39. The minimum absolute atomic E-state index is 0.00850. The predicted molar refractivity (Wildman–Crippen MR) is 151 cm³/mol. The second-order valence-corrected chi connectivity index (χ2v) is 10.8. The molecule has 6 aromatic rings. The first-order valence-electron chi connectivity index (χ1n) is 12.5. The fourth-order valence-electron chi connectivity index (χ4n) is 4.46. The van der Waals surface area contributed by atoms with Crippen molar-refractivity contribution in [1.29, 1.82) is 0 Å². The minimum atomic E-state index is -0.605. The number of aromatic amines is 2. The van der Waals surface area contributed by atoms with Gasteiger partial charge in [0.1, 0.15) is 16.9 Å². The van der Waals surface area contributed by atoms with Gasteiger partial charge in [0.15, 0.2) is 23.1 Å². The lowest BCUT2D eigenvalue weighted by Crippen LogP contribution is -2.14. The SMILES string of the molecule is CC(=O)c1ccc(-c2ccnc3[nH]c(-c4n[nH]c5cnc(-c6cncc(NC(=O)CC(C)C)c6)c(F)c45)nc23)s1. The van der Waals surface area contributed by atoms with Gasteiger partial charge >= 0.3 is 0 Å². The second kappa shape index (κ2) is 10.0. The molecule has 6 heterocycles. The minimum Gasteiger partial charge on any atom is -0.325 e. The number of Topliss-reactive ketones (excluding diaryl/α,β-unsaturated/α-hetero) is 1. The van der Waals surface area contributed by atoms with Crippen LogP contribution < -0.4 is 5.32 Å². The number of pyridine rings is 3. The van der Waals surface area contributed by atoms with Gasteiger partial charge in [-0.15, -0.1) is 11.3 Å². The molecule has 0 atom stereocenters. The number of ketones is 1. The molecule has 6 aromatic heterocycles. The van der Waals surface area contributed by atoms with Crippen LogP contribution in [0.15, 0.2) is 49.1 Å². The van der Waals surface area contributed by atoms with E-state index in [9.17, 15) is 9.59 Å². The maximum atomic E-state index is 16.1.